The summed E-state index contributed by atoms with van der Waals surface area (Å²) in [5.41, 5.74) is 1.14. The summed E-state index contributed by atoms with van der Waals surface area (Å²) in [4.78, 5) is 40.3. The Kier molecular flexibility index (Phi) is 6.87. The molecule has 4 rings (SSSR count). The molecule has 0 aliphatic carbocycles. The van der Waals surface area contributed by atoms with Crippen molar-refractivity contribution in [1.29, 1.82) is 0 Å². The predicted octanol–water partition coefficient (Wildman–Crippen LogP) is 3.93. The molecule has 0 atom stereocenters. The zero-order chi connectivity index (χ0) is 24.1. The molecule has 7 nitrogen and oxygen atoms in total. The van der Waals surface area contributed by atoms with Gasteiger partial charge in [0.25, 0.3) is 5.91 Å². The lowest BCUT2D eigenvalue weighted by molar-refractivity contribution is -0.116. The molecule has 3 aromatic carbocycles. The summed E-state index contributed by atoms with van der Waals surface area (Å²) in [7, 11) is 0. The zero-order valence-corrected chi connectivity index (χ0v) is 18.5. The molecule has 0 unspecified atom stereocenters. The first-order valence-corrected chi connectivity index (χ1v) is 10.8. The maximum atomic E-state index is 13.3. The predicted molar refractivity (Wildman–Crippen MR) is 124 cm³/mol. The molecule has 0 spiro atoms. The van der Waals surface area contributed by atoms with Crippen LogP contribution in [0.2, 0.25) is 0 Å². The van der Waals surface area contributed by atoms with Gasteiger partial charge in [0.1, 0.15) is 25.6 Å². The quantitative estimate of drug-likeness (QED) is 0.538. The van der Waals surface area contributed by atoms with Crippen molar-refractivity contribution in [1.82, 2.24) is 4.90 Å². The van der Waals surface area contributed by atoms with Crippen LogP contribution < -0.4 is 14.8 Å². The van der Waals surface area contributed by atoms with Crippen molar-refractivity contribution in [2.24, 2.45) is 0 Å². The Bertz CT molecular complexity index is 1230. The van der Waals surface area contributed by atoms with Crippen molar-refractivity contribution in [3.8, 4) is 11.5 Å². The number of halogens is 1. The molecule has 0 aromatic heterocycles. The number of hydrogen-bond acceptors (Lipinski definition) is 5. The Hall–Kier alpha value is -4.20. The van der Waals surface area contributed by atoms with E-state index in [-0.39, 0.29) is 29.8 Å². The first-order chi connectivity index (χ1) is 16.5. The Balaban J connectivity index is 1.49. The molecule has 174 valence electrons. The van der Waals surface area contributed by atoms with Gasteiger partial charge in [0.2, 0.25) is 5.91 Å². The first kappa shape index (κ1) is 23.0. The number of nitrogens with zero attached hydrogens (tertiary/aromatic N) is 1. The number of hydrogen-bond donors (Lipinski definition) is 1. The van der Waals surface area contributed by atoms with Crippen LogP contribution in [0.3, 0.4) is 0 Å². The van der Waals surface area contributed by atoms with E-state index in [1.54, 1.807) is 49.4 Å². The minimum Gasteiger partial charge on any atom is -0.486 e. The van der Waals surface area contributed by atoms with E-state index < -0.39 is 23.4 Å². The molecule has 34 heavy (non-hydrogen) atoms. The third kappa shape index (κ3) is 5.06. The fourth-order valence-electron chi connectivity index (χ4n) is 3.62. The molecule has 0 fully saturated rings. The summed E-state index contributed by atoms with van der Waals surface area (Å²) in [5.74, 6) is -0.555. The number of anilines is 1. The van der Waals surface area contributed by atoms with Crippen LogP contribution in [0.5, 0.6) is 11.5 Å². The van der Waals surface area contributed by atoms with E-state index in [9.17, 15) is 18.8 Å². The number of nitrogens with one attached hydrogen (secondary N) is 1. The van der Waals surface area contributed by atoms with Crippen molar-refractivity contribution >= 4 is 23.3 Å². The number of amides is 2. The van der Waals surface area contributed by atoms with Crippen molar-refractivity contribution < 1.29 is 28.2 Å². The van der Waals surface area contributed by atoms with E-state index in [2.05, 4.69) is 5.32 Å². The number of benzene rings is 3. The molecular formula is C26H23FN2O5. The van der Waals surface area contributed by atoms with E-state index in [0.717, 1.165) is 0 Å². The van der Waals surface area contributed by atoms with Crippen LogP contribution >= 0.6 is 0 Å². The molecular weight excluding hydrogens is 439 g/mol. The van der Waals surface area contributed by atoms with Crippen molar-refractivity contribution in [3.05, 3.63) is 89.2 Å². The lowest BCUT2D eigenvalue weighted by atomic mass is 9.97. The van der Waals surface area contributed by atoms with E-state index >= 15 is 0 Å². The summed E-state index contributed by atoms with van der Waals surface area (Å²) < 4.78 is 24.3. The van der Waals surface area contributed by atoms with Crippen LogP contribution in [-0.2, 0) is 4.79 Å². The average molecular weight is 462 g/mol. The molecule has 0 saturated heterocycles. The zero-order valence-electron chi connectivity index (χ0n) is 18.5. The normalized spacial score (nSPS) is 12.1. The van der Waals surface area contributed by atoms with Gasteiger partial charge in [-0.1, -0.05) is 18.2 Å². The molecule has 1 aliphatic rings. The SMILES string of the molecule is CCN(CC(=O)Nc1ccc2c(c1)OCCO2)C(=O)c1ccccc1C(=O)c1ccc(F)cc1. The highest BCUT2D eigenvalue weighted by Gasteiger charge is 2.23. The molecule has 0 saturated carbocycles. The molecule has 2 amide bonds. The van der Waals surface area contributed by atoms with Crippen LogP contribution in [0.4, 0.5) is 10.1 Å². The third-order valence-corrected chi connectivity index (χ3v) is 5.34. The lowest BCUT2D eigenvalue weighted by Crippen LogP contribution is -2.38. The molecule has 0 bridgehead atoms. The number of ketones is 1. The Morgan fingerprint density at radius 3 is 2.29 bits per heavy atom. The van der Waals surface area contributed by atoms with Crippen LogP contribution in [0.25, 0.3) is 0 Å². The van der Waals surface area contributed by atoms with Crippen LogP contribution in [-0.4, -0.2) is 48.8 Å². The van der Waals surface area contributed by atoms with E-state index in [1.165, 1.54) is 29.2 Å². The number of carbonyl (C=O) groups excluding carboxylic acids is 3. The lowest BCUT2D eigenvalue weighted by Gasteiger charge is -2.22. The number of carbonyl (C=O) groups is 3. The molecule has 3 aromatic rings. The monoisotopic (exact) mass is 462 g/mol. The van der Waals surface area contributed by atoms with Crippen LogP contribution in [0.15, 0.2) is 66.7 Å². The van der Waals surface area contributed by atoms with Gasteiger partial charge in [0.15, 0.2) is 17.3 Å². The van der Waals surface area contributed by atoms with Gasteiger partial charge in [-0.15, -0.1) is 0 Å². The van der Waals surface area contributed by atoms with E-state index in [1.807, 2.05) is 0 Å². The van der Waals surface area contributed by atoms with Crippen molar-refractivity contribution in [2.45, 2.75) is 6.92 Å². The fraction of sp³-hybridized carbons (Fsp3) is 0.192. The van der Waals surface area contributed by atoms with Gasteiger partial charge in [0.05, 0.1) is 5.56 Å². The summed E-state index contributed by atoms with van der Waals surface area (Å²) in [5, 5.41) is 2.76. The largest absolute Gasteiger partial charge is 0.486 e. The minimum absolute atomic E-state index is 0.172. The van der Waals surface area contributed by atoms with Gasteiger partial charge in [-0.2, -0.15) is 0 Å². The molecule has 1 heterocycles. The molecule has 1 N–H and O–H groups in total. The van der Waals surface area contributed by atoms with Gasteiger partial charge in [-0.25, -0.2) is 4.39 Å². The number of rotatable bonds is 7. The Labute approximate surface area is 196 Å². The molecule has 8 heteroatoms. The Morgan fingerprint density at radius 1 is 0.912 bits per heavy atom. The second-order valence-corrected chi connectivity index (χ2v) is 7.61. The first-order valence-electron chi connectivity index (χ1n) is 10.8. The van der Waals surface area contributed by atoms with Crippen molar-refractivity contribution in [2.75, 3.05) is 31.6 Å². The van der Waals surface area contributed by atoms with E-state index in [0.29, 0.717) is 30.4 Å². The van der Waals surface area contributed by atoms with Gasteiger partial charge in [0, 0.05) is 29.4 Å². The molecule has 1 aliphatic heterocycles. The maximum absolute atomic E-state index is 13.3. The Morgan fingerprint density at radius 2 is 1.59 bits per heavy atom. The topological polar surface area (TPSA) is 84.9 Å². The second-order valence-electron chi connectivity index (χ2n) is 7.61. The highest BCUT2D eigenvalue weighted by Crippen LogP contribution is 2.32. The summed E-state index contributed by atoms with van der Waals surface area (Å²) >= 11 is 0. The van der Waals surface area contributed by atoms with Gasteiger partial charge in [-0.05, 0) is 49.4 Å². The van der Waals surface area contributed by atoms with Gasteiger partial charge < -0.3 is 19.7 Å². The average Bonchev–Trinajstić information content (AvgIpc) is 2.87. The number of ether oxygens (including phenoxy) is 2. The molecule has 0 radical (unpaired) electrons. The smallest absolute Gasteiger partial charge is 0.255 e. The maximum Gasteiger partial charge on any atom is 0.255 e. The standard InChI is InChI=1S/C26H23FN2O5/c1-2-29(16-24(30)28-19-11-12-22-23(15-19)34-14-13-33-22)26(32)21-6-4-3-5-20(21)25(31)17-7-9-18(27)10-8-17/h3-12,15H,2,13-14,16H2,1H3,(H,28,30). The van der Waals surface area contributed by atoms with Gasteiger partial charge >= 0.3 is 0 Å². The van der Waals surface area contributed by atoms with Crippen LogP contribution in [0, 0.1) is 5.82 Å². The van der Waals surface area contributed by atoms with Crippen LogP contribution in [0.1, 0.15) is 33.2 Å². The summed E-state index contributed by atoms with van der Waals surface area (Å²) in [6, 6.07) is 16.6. The summed E-state index contributed by atoms with van der Waals surface area (Å²) in [6.45, 7) is 2.70. The second kappa shape index (κ2) is 10.2. The summed E-state index contributed by atoms with van der Waals surface area (Å²) in [6.07, 6.45) is 0. The van der Waals surface area contributed by atoms with Gasteiger partial charge in [-0.3, -0.25) is 14.4 Å². The third-order valence-electron chi connectivity index (χ3n) is 5.34. The highest BCUT2D eigenvalue weighted by atomic mass is 19.1. The van der Waals surface area contributed by atoms with E-state index in [4.69, 9.17) is 9.47 Å². The fourth-order valence-corrected chi connectivity index (χ4v) is 3.62. The number of fused-ring (bicyclic) bond motifs is 1. The van der Waals surface area contributed by atoms with Crippen molar-refractivity contribution in [3.63, 3.8) is 0 Å². The highest BCUT2D eigenvalue weighted by molar-refractivity contribution is 6.15. The minimum atomic E-state index is -0.456. The number of likely N-dealkylation sites (N-methyl/N-ethyl adjacent to an activating group) is 1.